The van der Waals surface area contributed by atoms with Crippen molar-refractivity contribution in [2.45, 2.75) is 6.54 Å². The minimum atomic E-state index is -0.00319. The van der Waals surface area contributed by atoms with Crippen molar-refractivity contribution in [3.05, 3.63) is 108 Å². The molecule has 0 spiro atoms. The summed E-state index contributed by atoms with van der Waals surface area (Å²) in [5.41, 5.74) is 5.06. The summed E-state index contributed by atoms with van der Waals surface area (Å²) in [4.78, 5) is 17.8. The van der Waals surface area contributed by atoms with Crippen LogP contribution in [0.2, 0.25) is 0 Å². The number of nitrogens with zero attached hydrogens (tertiary/aromatic N) is 5. The number of hydrogen-bond acceptors (Lipinski definition) is 4. The van der Waals surface area contributed by atoms with Crippen molar-refractivity contribution < 1.29 is 4.79 Å². The van der Waals surface area contributed by atoms with Gasteiger partial charge in [-0.05, 0) is 35.9 Å². The van der Waals surface area contributed by atoms with Gasteiger partial charge in [-0.25, -0.2) is 4.68 Å². The minimum Gasteiger partial charge on any atom is -0.335 e. The summed E-state index contributed by atoms with van der Waals surface area (Å²) in [6.07, 6.45) is 0. The van der Waals surface area contributed by atoms with Crippen molar-refractivity contribution in [3.63, 3.8) is 0 Å². The summed E-state index contributed by atoms with van der Waals surface area (Å²) in [7, 11) is 0. The van der Waals surface area contributed by atoms with Crippen molar-refractivity contribution in [2.75, 3.05) is 26.2 Å². The Morgan fingerprint density at radius 2 is 1.50 bits per heavy atom. The Hall–Kier alpha value is -4.21. The fourth-order valence-electron chi connectivity index (χ4n) is 4.26. The Balaban J connectivity index is 1.33. The first-order valence-corrected chi connectivity index (χ1v) is 11.4. The van der Waals surface area contributed by atoms with Crippen molar-refractivity contribution in [3.8, 4) is 23.0 Å². The quantitative estimate of drug-likeness (QED) is 0.456. The molecule has 6 nitrogen and oxygen atoms in total. The van der Waals surface area contributed by atoms with Gasteiger partial charge in [0.15, 0.2) is 0 Å². The van der Waals surface area contributed by atoms with E-state index in [4.69, 9.17) is 10.4 Å². The van der Waals surface area contributed by atoms with Gasteiger partial charge in [-0.15, -0.1) is 0 Å². The SMILES string of the molecule is N#Cc1ccc(CN2CCN(C(=O)c3cc(-c4ccccc4)nn3-c3ccccc3)CC2)cc1. The Bertz CT molecular complexity index is 1300. The van der Waals surface area contributed by atoms with Crippen LogP contribution in [0.3, 0.4) is 0 Å². The molecule has 1 amide bonds. The van der Waals surface area contributed by atoms with E-state index in [-0.39, 0.29) is 5.91 Å². The Morgan fingerprint density at radius 3 is 2.15 bits per heavy atom. The molecule has 0 radical (unpaired) electrons. The number of rotatable bonds is 5. The lowest BCUT2D eigenvalue weighted by Crippen LogP contribution is -2.48. The predicted molar refractivity (Wildman–Crippen MR) is 131 cm³/mol. The normalized spacial score (nSPS) is 14.0. The van der Waals surface area contributed by atoms with Gasteiger partial charge >= 0.3 is 0 Å². The van der Waals surface area contributed by atoms with E-state index in [2.05, 4.69) is 11.0 Å². The van der Waals surface area contributed by atoms with Crippen LogP contribution in [-0.2, 0) is 6.54 Å². The summed E-state index contributed by atoms with van der Waals surface area (Å²) in [6.45, 7) is 3.74. The molecule has 0 N–H and O–H groups in total. The number of carbonyl (C=O) groups is 1. The van der Waals surface area contributed by atoms with Gasteiger partial charge in [-0.3, -0.25) is 9.69 Å². The van der Waals surface area contributed by atoms with Crippen molar-refractivity contribution >= 4 is 5.91 Å². The molecule has 4 aromatic rings. The first-order valence-electron chi connectivity index (χ1n) is 11.4. The third-order valence-electron chi connectivity index (χ3n) is 6.15. The minimum absolute atomic E-state index is 0.00319. The molecule has 6 heteroatoms. The molecule has 3 aromatic carbocycles. The number of benzene rings is 3. The lowest BCUT2D eigenvalue weighted by molar-refractivity contribution is 0.0619. The highest BCUT2D eigenvalue weighted by atomic mass is 16.2. The summed E-state index contributed by atoms with van der Waals surface area (Å²) in [6, 6.07) is 31.5. The molecular formula is C28H25N5O. The van der Waals surface area contributed by atoms with Crippen LogP contribution < -0.4 is 0 Å². The fraction of sp³-hybridized carbons (Fsp3) is 0.179. The van der Waals surface area contributed by atoms with Crippen LogP contribution in [0.4, 0.5) is 0 Å². The van der Waals surface area contributed by atoms with Crippen molar-refractivity contribution in [1.82, 2.24) is 19.6 Å². The van der Waals surface area contributed by atoms with Gasteiger partial charge in [0.2, 0.25) is 0 Å². The fourth-order valence-corrected chi connectivity index (χ4v) is 4.26. The standard InChI is InChI=1S/C28H25N5O/c29-20-22-11-13-23(14-12-22)21-31-15-17-32(18-16-31)28(34)27-19-26(24-7-3-1-4-8-24)30-33(27)25-9-5-2-6-10-25/h1-14,19H,15-18,21H2. The molecule has 0 aliphatic carbocycles. The smallest absolute Gasteiger partial charge is 0.272 e. The Labute approximate surface area is 199 Å². The van der Waals surface area contributed by atoms with E-state index < -0.39 is 0 Å². The molecule has 1 aliphatic heterocycles. The molecule has 0 bridgehead atoms. The lowest BCUT2D eigenvalue weighted by atomic mass is 10.1. The zero-order valence-electron chi connectivity index (χ0n) is 18.8. The molecule has 1 fully saturated rings. The molecule has 168 valence electrons. The molecule has 1 saturated heterocycles. The summed E-state index contributed by atoms with van der Waals surface area (Å²) in [5.74, 6) is -0.00319. The molecule has 1 aliphatic rings. The number of piperazine rings is 1. The molecule has 1 aromatic heterocycles. The number of para-hydroxylation sites is 1. The van der Waals surface area contributed by atoms with Crippen molar-refractivity contribution in [1.29, 1.82) is 5.26 Å². The monoisotopic (exact) mass is 447 g/mol. The van der Waals surface area contributed by atoms with E-state index in [0.29, 0.717) is 24.3 Å². The first-order chi connectivity index (χ1) is 16.7. The highest BCUT2D eigenvalue weighted by molar-refractivity contribution is 5.94. The summed E-state index contributed by atoms with van der Waals surface area (Å²) in [5, 5.41) is 13.8. The zero-order valence-corrected chi connectivity index (χ0v) is 18.8. The number of carbonyl (C=O) groups excluding carboxylic acids is 1. The molecule has 2 heterocycles. The molecule has 0 atom stereocenters. The number of hydrogen-bond donors (Lipinski definition) is 0. The highest BCUT2D eigenvalue weighted by Gasteiger charge is 2.26. The summed E-state index contributed by atoms with van der Waals surface area (Å²) < 4.78 is 1.76. The lowest BCUT2D eigenvalue weighted by Gasteiger charge is -2.34. The van der Waals surface area contributed by atoms with Crippen LogP contribution in [0, 0.1) is 11.3 Å². The average molecular weight is 448 g/mol. The second-order valence-electron chi connectivity index (χ2n) is 8.41. The van der Waals surface area contributed by atoms with Gasteiger partial charge in [0.1, 0.15) is 5.69 Å². The maximum Gasteiger partial charge on any atom is 0.272 e. The first kappa shape index (κ1) is 21.6. The molecule has 0 saturated carbocycles. The molecular weight excluding hydrogens is 422 g/mol. The Morgan fingerprint density at radius 1 is 0.853 bits per heavy atom. The van der Waals surface area contributed by atoms with Crippen molar-refractivity contribution in [2.24, 2.45) is 0 Å². The molecule has 34 heavy (non-hydrogen) atoms. The van der Waals surface area contributed by atoms with Gasteiger partial charge in [0.25, 0.3) is 5.91 Å². The van der Waals surface area contributed by atoms with E-state index in [1.165, 1.54) is 5.56 Å². The van der Waals surface area contributed by atoms with Gasteiger partial charge in [0.05, 0.1) is 23.0 Å². The Kier molecular flexibility index (Phi) is 6.19. The van der Waals surface area contributed by atoms with E-state index in [1.807, 2.05) is 95.9 Å². The molecule has 5 rings (SSSR count). The maximum atomic E-state index is 13.6. The topological polar surface area (TPSA) is 65.2 Å². The van der Waals surface area contributed by atoms with Crippen LogP contribution in [0.1, 0.15) is 21.6 Å². The van der Waals surface area contributed by atoms with E-state index in [1.54, 1.807) is 4.68 Å². The van der Waals surface area contributed by atoms with E-state index in [0.717, 1.165) is 36.6 Å². The van der Waals surface area contributed by atoms with Gasteiger partial charge in [-0.2, -0.15) is 10.4 Å². The largest absolute Gasteiger partial charge is 0.335 e. The molecule has 0 unspecified atom stereocenters. The van der Waals surface area contributed by atoms with E-state index in [9.17, 15) is 4.79 Å². The second kappa shape index (κ2) is 9.74. The average Bonchev–Trinajstić information content (AvgIpc) is 3.36. The third kappa shape index (κ3) is 4.61. The van der Waals surface area contributed by atoms with Gasteiger partial charge in [-0.1, -0.05) is 60.7 Å². The van der Waals surface area contributed by atoms with Crippen LogP contribution in [0.5, 0.6) is 0 Å². The number of amides is 1. The number of nitriles is 1. The van der Waals surface area contributed by atoms with Crippen LogP contribution in [-0.4, -0.2) is 51.7 Å². The van der Waals surface area contributed by atoms with Crippen LogP contribution in [0.25, 0.3) is 16.9 Å². The predicted octanol–water partition coefficient (Wildman–Crippen LogP) is 4.37. The van der Waals surface area contributed by atoms with Crippen LogP contribution >= 0.6 is 0 Å². The van der Waals surface area contributed by atoms with E-state index >= 15 is 0 Å². The summed E-state index contributed by atoms with van der Waals surface area (Å²) >= 11 is 0. The van der Waals surface area contributed by atoms with Gasteiger partial charge < -0.3 is 4.90 Å². The van der Waals surface area contributed by atoms with Crippen LogP contribution in [0.15, 0.2) is 91.0 Å². The number of aromatic nitrogens is 2. The third-order valence-corrected chi connectivity index (χ3v) is 6.15. The maximum absolute atomic E-state index is 13.6. The highest BCUT2D eigenvalue weighted by Crippen LogP contribution is 2.23. The second-order valence-corrected chi connectivity index (χ2v) is 8.41. The van der Waals surface area contributed by atoms with Gasteiger partial charge in [0, 0.05) is 38.3 Å². The zero-order chi connectivity index (χ0) is 23.3.